The third kappa shape index (κ3) is 5.11. The second-order valence-electron chi connectivity index (χ2n) is 9.33. The van der Waals surface area contributed by atoms with E-state index < -0.39 is 40.4 Å². The van der Waals surface area contributed by atoms with Gasteiger partial charge in [0.1, 0.15) is 12.0 Å². The van der Waals surface area contributed by atoms with E-state index in [0.29, 0.717) is 18.8 Å². The molecule has 0 saturated carbocycles. The van der Waals surface area contributed by atoms with Crippen LogP contribution in [0.15, 0.2) is 16.9 Å². The van der Waals surface area contributed by atoms with Crippen LogP contribution in [0.3, 0.4) is 0 Å². The second kappa shape index (κ2) is 10.6. The third-order valence-corrected chi connectivity index (χ3v) is 7.46. The lowest BCUT2D eigenvalue weighted by Crippen LogP contribution is -2.22. The summed E-state index contributed by atoms with van der Waals surface area (Å²) >= 11 is 0. The highest BCUT2D eigenvalue weighted by Crippen LogP contribution is 2.43. The van der Waals surface area contributed by atoms with Gasteiger partial charge in [-0.05, 0) is 50.4 Å². The first kappa shape index (κ1) is 27.9. The van der Waals surface area contributed by atoms with Crippen molar-refractivity contribution in [2.75, 3.05) is 25.9 Å². The number of nitrogen functional groups attached to an aromatic ring is 1. The van der Waals surface area contributed by atoms with Crippen molar-refractivity contribution < 1.29 is 26.7 Å². The van der Waals surface area contributed by atoms with Crippen LogP contribution < -0.4 is 21.3 Å². The van der Waals surface area contributed by atoms with Crippen LogP contribution in [0, 0.1) is 18.2 Å². The molecule has 5 rings (SSSR count). The summed E-state index contributed by atoms with van der Waals surface area (Å²) in [6, 6.07) is 2.31. The summed E-state index contributed by atoms with van der Waals surface area (Å²) in [5, 5.41) is 7.30. The second-order valence-corrected chi connectivity index (χ2v) is 9.91. The zero-order valence-corrected chi connectivity index (χ0v) is 21.8. The van der Waals surface area contributed by atoms with Crippen molar-refractivity contribution in [3.05, 3.63) is 45.0 Å². The molecule has 2 saturated heterocycles. The Kier molecular flexibility index (Phi) is 7.76. The van der Waals surface area contributed by atoms with E-state index in [-0.39, 0.29) is 39.0 Å². The highest BCUT2D eigenvalue weighted by atomic mass is 31.0. The number of nitrogens with two attached hydrogens (primary N) is 1. The monoisotopic (exact) mass is 555 g/mol. The summed E-state index contributed by atoms with van der Waals surface area (Å²) in [5.74, 6) is -1.08. The molecule has 2 fully saturated rings. The molecule has 3 aromatic rings. The quantitative estimate of drug-likeness (QED) is 0.193. The van der Waals surface area contributed by atoms with E-state index in [4.69, 9.17) is 15.9 Å². The van der Waals surface area contributed by atoms with Crippen molar-refractivity contribution in [3.63, 3.8) is 0 Å². The van der Waals surface area contributed by atoms with E-state index in [1.54, 1.807) is 0 Å². The van der Waals surface area contributed by atoms with Gasteiger partial charge in [-0.25, -0.2) is 8.78 Å². The number of anilines is 1. The molecule has 1 aromatic heterocycles. The minimum absolute atomic E-state index is 0.0591. The summed E-state index contributed by atoms with van der Waals surface area (Å²) in [6.45, 7) is 3.06. The van der Waals surface area contributed by atoms with Gasteiger partial charge in [0, 0.05) is 46.5 Å². The van der Waals surface area contributed by atoms with Crippen LogP contribution in [0.25, 0.3) is 22.0 Å². The molecule has 0 aliphatic carbocycles. The van der Waals surface area contributed by atoms with Crippen molar-refractivity contribution in [2.45, 2.75) is 44.6 Å². The van der Waals surface area contributed by atoms with Crippen LogP contribution in [0.5, 0.6) is 6.01 Å². The molecule has 2 aromatic carbocycles. The molecule has 0 radical (unpaired) electrons. The summed E-state index contributed by atoms with van der Waals surface area (Å²) in [4.78, 5) is 20.8. The van der Waals surface area contributed by atoms with Gasteiger partial charge in [0.2, 0.25) is 0 Å². The summed E-state index contributed by atoms with van der Waals surface area (Å²) < 4.78 is 74.2. The van der Waals surface area contributed by atoms with Crippen LogP contribution in [0.1, 0.15) is 36.0 Å². The van der Waals surface area contributed by atoms with Gasteiger partial charge < -0.3 is 15.9 Å². The molecule has 0 spiro atoms. The number of nitrogens with one attached hydrogen (secondary N) is 2. The Bertz CT molecular complexity index is 1450. The number of H-pyrrole nitrogens is 1. The number of methoxy groups -OCH3 is 1. The molecule has 3 heterocycles. The van der Waals surface area contributed by atoms with Crippen LogP contribution in [-0.2, 0) is 6.18 Å². The first-order chi connectivity index (χ1) is 17.9. The lowest BCUT2D eigenvalue weighted by atomic mass is 9.89. The Labute approximate surface area is 217 Å². The number of hydrogen-bond donors (Lipinski definition) is 3. The summed E-state index contributed by atoms with van der Waals surface area (Å²) in [6.07, 6.45) is -1.39. The number of alkyl halides is 4. The van der Waals surface area contributed by atoms with E-state index in [0.717, 1.165) is 25.1 Å². The van der Waals surface area contributed by atoms with Gasteiger partial charge in [-0.2, -0.15) is 18.2 Å². The highest BCUT2D eigenvalue weighted by Gasteiger charge is 2.39. The molecule has 2 aliphatic rings. The molecule has 0 bridgehead atoms. The average molecular weight is 555 g/mol. The fourth-order valence-electron chi connectivity index (χ4n) is 5.26. The molecular formula is C25H27F5N5O2P. The maximum absolute atomic E-state index is 15.1. The van der Waals surface area contributed by atoms with Crippen molar-refractivity contribution in [1.82, 2.24) is 14.9 Å². The molecule has 3 atom stereocenters. The zero-order valence-electron chi connectivity index (χ0n) is 20.7. The van der Waals surface area contributed by atoms with Crippen LogP contribution in [-0.4, -0.2) is 53.5 Å². The van der Waals surface area contributed by atoms with E-state index in [1.165, 1.54) is 26.9 Å². The fraction of sp³-hybridized carbons (Fsp3) is 0.400. The number of ether oxygens (including phenoxy) is 1. The van der Waals surface area contributed by atoms with E-state index >= 15 is 4.39 Å². The molecule has 0 amide bonds. The Morgan fingerprint density at radius 1 is 1.32 bits per heavy atom. The van der Waals surface area contributed by atoms with Gasteiger partial charge in [-0.15, -0.1) is 9.24 Å². The first-order valence-electron chi connectivity index (χ1n) is 11.8. The largest absolute Gasteiger partial charge is 0.468 e. The van der Waals surface area contributed by atoms with Crippen molar-refractivity contribution in [1.29, 1.82) is 5.41 Å². The molecule has 38 heavy (non-hydrogen) atoms. The minimum atomic E-state index is -4.84. The maximum atomic E-state index is 15.1. The standard InChI is InChI=1S/C18H15F4N4O2P.C7H12FN/c1-6-3-10(24)8(5-23)11(13(6)18(20,21)22)12-9(19)4-7-14(15(12)29)25-17(28-2)26-16(7)27;8-6-4-7-2-1-3-9(7)5-6/h3-5,23H,24,29H2,1-2H3,(H,25,26,27);6-7H,1-5H2. The average Bonchev–Trinajstić information content (AvgIpc) is 3.40. The number of hydrogen-bond acceptors (Lipinski definition) is 6. The van der Waals surface area contributed by atoms with Crippen molar-refractivity contribution in [3.8, 4) is 17.1 Å². The first-order valence-corrected chi connectivity index (χ1v) is 12.4. The van der Waals surface area contributed by atoms with E-state index in [9.17, 15) is 22.4 Å². The fourth-order valence-corrected chi connectivity index (χ4v) is 5.77. The van der Waals surface area contributed by atoms with Gasteiger partial charge in [0.05, 0.1) is 23.6 Å². The number of halogens is 5. The highest BCUT2D eigenvalue weighted by molar-refractivity contribution is 7.29. The van der Waals surface area contributed by atoms with Crippen LogP contribution in [0.4, 0.5) is 27.6 Å². The lowest BCUT2D eigenvalue weighted by molar-refractivity contribution is -0.137. The van der Waals surface area contributed by atoms with Gasteiger partial charge in [0.25, 0.3) is 11.6 Å². The predicted molar refractivity (Wildman–Crippen MR) is 140 cm³/mol. The number of aromatic nitrogens is 2. The molecule has 2 aliphatic heterocycles. The predicted octanol–water partition coefficient (Wildman–Crippen LogP) is 4.34. The molecule has 13 heteroatoms. The Morgan fingerprint density at radius 3 is 2.63 bits per heavy atom. The van der Waals surface area contributed by atoms with Crippen molar-refractivity contribution >= 4 is 37.3 Å². The van der Waals surface area contributed by atoms with Gasteiger partial charge in [-0.3, -0.25) is 14.7 Å². The number of benzene rings is 2. The zero-order chi connectivity index (χ0) is 27.9. The summed E-state index contributed by atoms with van der Waals surface area (Å²) in [7, 11) is 3.36. The Morgan fingerprint density at radius 2 is 2.03 bits per heavy atom. The van der Waals surface area contributed by atoms with Gasteiger partial charge in [-0.1, -0.05) is 0 Å². The van der Waals surface area contributed by atoms with Gasteiger partial charge >= 0.3 is 6.18 Å². The van der Waals surface area contributed by atoms with Crippen LogP contribution in [0.2, 0.25) is 0 Å². The number of aromatic amines is 1. The van der Waals surface area contributed by atoms with E-state index in [1.807, 2.05) is 0 Å². The lowest BCUT2D eigenvalue weighted by Gasteiger charge is -2.21. The number of fused-ring (bicyclic) bond motifs is 2. The SMILES string of the molecule is COc1nc2c(P)c(-c3c(C=N)c(N)cc(C)c3C(F)(F)F)c(F)cc2c(=O)[nH]1.FC1CC2CCCN2C1. The van der Waals surface area contributed by atoms with Gasteiger partial charge in [0.15, 0.2) is 0 Å². The molecule has 7 nitrogen and oxygen atoms in total. The summed E-state index contributed by atoms with van der Waals surface area (Å²) in [5.41, 5.74) is 2.25. The Hall–Kier alpha value is -3.11. The minimum Gasteiger partial charge on any atom is -0.468 e. The molecule has 3 unspecified atom stereocenters. The third-order valence-electron chi connectivity index (χ3n) is 6.90. The Balaban J connectivity index is 0.000000311. The normalized spacial score (nSPS) is 19.3. The smallest absolute Gasteiger partial charge is 0.417 e. The van der Waals surface area contributed by atoms with Crippen LogP contribution >= 0.6 is 9.24 Å². The number of rotatable bonds is 3. The number of aryl methyl sites for hydroxylation is 1. The van der Waals surface area contributed by atoms with Crippen molar-refractivity contribution in [2.24, 2.45) is 0 Å². The topological polar surface area (TPSA) is 108 Å². The van der Waals surface area contributed by atoms with E-state index in [2.05, 4.69) is 24.1 Å². The molecule has 4 N–H and O–H groups in total. The number of nitrogens with zero attached hydrogens (tertiary/aromatic N) is 2. The molecule has 204 valence electrons. The molecular weight excluding hydrogens is 528 g/mol. The maximum Gasteiger partial charge on any atom is 0.417 e.